The van der Waals surface area contributed by atoms with E-state index in [0.717, 1.165) is 11.3 Å². The summed E-state index contributed by atoms with van der Waals surface area (Å²) in [6.45, 7) is 1.93. The lowest BCUT2D eigenvalue weighted by Gasteiger charge is -2.20. The van der Waals surface area contributed by atoms with Gasteiger partial charge in [-0.2, -0.15) is 0 Å². The summed E-state index contributed by atoms with van der Waals surface area (Å²) >= 11 is 0. The zero-order valence-corrected chi connectivity index (χ0v) is 11.2. The van der Waals surface area contributed by atoms with Crippen molar-refractivity contribution in [3.8, 4) is 0 Å². The molecule has 2 aromatic rings. The lowest BCUT2D eigenvalue weighted by Crippen LogP contribution is -2.16. The van der Waals surface area contributed by atoms with Crippen LogP contribution in [0.1, 0.15) is 5.56 Å². The van der Waals surface area contributed by atoms with E-state index in [2.05, 4.69) is 10.4 Å². The van der Waals surface area contributed by atoms with E-state index in [9.17, 15) is 10.1 Å². The van der Waals surface area contributed by atoms with Crippen molar-refractivity contribution in [2.45, 2.75) is 6.92 Å². The lowest BCUT2D eigenvalue weighted by atomic mass is 10.2. The maximum atomic E-state index is 11.1. The van der Waals surface area contributed by atoms with E-state index in [1.54, 1.807) is 11.9 Å². The highest BCUT2D eigenvalue weighted by atomic mass is 16.6. The number of nitrogens with two attached hydrogens (primary N) is 1. The number of pyridine rings is 1. The van der Waals surface area contributed by atoms with Gasteiger partial charge in [0, 0.05) is 18.8 Å². The average molecular weight is 273 g/mol. The van der Waals surface area contributed by atoms with Gasteiger partial charge in [-0.05, 0) is 24.6 Å². The molecule has 104 valence electrons. The predicted molar refractivity (Wildman–Crippen MR) is 77.9 cm³/mol. The molecule has 2 rings (SSSR count). The van der Waals surface area contributed by atoms with Gasteiger partial charge in [0.25, 0.3) is 0 Å². The molecule has 0 fully saturated rings. The highest BCUT2D eigenvalue weighted by Crippen LogP contribution is 2.32. The molecule has 0 aliphatic carbocycles. The van der Waals surface area contributed by atoms with Gasteiger partial charge in [-0.15, -0.1) is 0 Å². The van der Waals surface area contributed by atoms with Gasteiger partial charge in [0.05, 0.1) is 4.92 Å². The second kappa shape index (κ2) is 5.54. The van der Waals surface area contributed by atoms with Crippen LogP contribution in [0.15, 0.2) is 36.4 Å². The second-order valence-electron chi connectivity index (χ2n) is 4.29. The molecule has 7 nitrogen and oxygen atoms in total. The van der Waals surface area contributed by atoms with Gasteiger partial charge < -0.3 is 10.3 Å². The maximum absolute atomic E-state index is 11.1. The van der Waals surface area contributed by atoms with Crippen LogP contribution in [0.25, 0.3) is 0 Å². The van der Waals surface area contributed by atoms with Crippen LogP contribution in [-0.2, 0) is 0 Å². The minimum absolute atomic E-state index is 0.0743. The fourth-order valence-corrected chi connectivity index (χ4v) is 1.96. The van der Waals surface area contributed by atoms with Crippen LogP contribution < -0.4 is 16.2 Å². The van der Waals surface area contributed by atoms with Gasteiger partial charge in [-0.3, -0.25) is 10.1 Å². The Hall–Kier alpha value is -2.67. The number of nitrogens with zero attached hydrogens (tertiary/aromatic N) is 3. The quantitative estimate of drug-likeness (QED) is 0.504. The van der Waals surface area contributed by atoms with Crippen LogP contribution in [0, 0.1) is 17.0 Å². The largest absolute Gasteiger partial charge is 0.323 e. The third-order valence-corrected chi connectivity index (χ3v) is 2.99. The molecule has 0 aliphatic rings. The fourth-order valence-electron chi connectivity index (χ4n) is 1.96. The number of nitrogens with one attached hydrogen (secondary N) is 1. The zero-order chi connectivity index (χ0) is 14.7. The molecule has 1 aromatic heterocycles. The number of para-hydroxylation sites is 1. The summed E-state index contributed by atoms with van der Waals surface area (Å²) in [6, 6.07) is 10.4. The van der Waals surface area contributed by atoms with E-state index >= 15 is 0 Å². The molecule has 7 heteroatoms. The first-order chi connectivity index (χ1) is 9.54. The topological polar surface area (TPSA) is 97.3 Å². The molecule has 0 saturated carbocycles. The van der Waals surface area contributed by atoms with E-state index in [0.29, 0.717) is 5.82 Å². The number of aryl methyl sites for hydroxylation is 1. The van der Waals surface area contributed by atoms with Gasteiger partial charge >= 0.3 is 5.69 Å². The normalized spacial score (nSPS) is 10.2. The number of anilines is 3. The Bertz CT molecular complexity index is 644. The molecule has 1 heterocycles. The molecule has 0 saturated heterocycles. The van der Waals surface area contributed by atoms with Crippen molar-refractivity contribution >= 4 is 23.0 Å². The highest BCUT2D eigenvalue weighted by Gasteiger charge is 2.21. The third kappa shape index (κ3) is 2.52. The highest BCUT2D eigenvalue weighted by molar-refractivity contribution is 5.71. The van der Waals surface area contributed by atoms with Gasteiger partial charge in [0.2, 0.25) is 5.82 Å². The lowest BCUT2D eigenvalue weighted by molar-refractivity contribution is -0.384. The van der Waals surface area contributed by atoms with Crippen molar-refractivity contribution in [3.05, 3.63) is 52.1 Å². The number of aromatic nitrogens is 1. The predicted octanol–water partition coefficient (Wildman–Crippen LogP) is 2.35. The fraction of sp³-hybridized carbons (Fsp3) is 0.154. The Morgan fingerprint density at radius 2 is 2.00 bits per heavy atom. The number of rotatable bonds is 4. The SMILES string of the molecule is Cc1ccccc1N(C)c1nc(NN)ccc1[N+](=O)[O-]. The molecular weight excluding hydrogens is 258 g/mol. The average Bonchev–Trinajstić information content (AvgIpc) is 2.46. The molecule has 3 N–H and O–H groups in total. The Labute approximate surface area is 116 Å². The second-order valence-corrected chi connectivity index (χ2v) is 4.29. The van der Waals surface area contributed by atoms with Gasteiger partial charge in [-0.1, -0.05) is 18.2 Å². The minimum Gasteiger partial charge on any atom is -0.323 e. The van der Waals surface area contributed by atoms with Crippen molar-refractivity contribution < 1.29 is 4.92 Å². The number of nitro groups is 1. The Kier molecular flexibility index (Phi) is 3.81. The van der Waals surface area contributed by atoms with E-state index in [4.69, 9.17) is 5.84 Å². The number of nitrogen functional groups attached to an aromatic ring is 1. The molecule has 0 spiro atoms. The molecule has 0 aliphatic heterocycles. The van der Waals surface area contributed by atoms with E-state index < -0.39 is 4.92 Å². The first-order valence-electron chi connectivity index (χ1n) is 5.96. The first-order valence-corrected chi connectivity index (χ1v) is 5.96. The van der Waals surface area contributed by atoms with Gasteiger partial charge in [-0.25, -0.2) is 10.8 Å². The number of hydrogen-bond donors (Lipinski definition) is 2. The van der Waals surface area contributed by atoms with Crippen molar-refractivity contribution in [1.82, 2.24) is 4.98 Å². The Morgan fingerprint density at radius 3 is 2.60 bits per heavy atom. The summed E-state index contributed by atoms with van der Waals surface area (Å²) in [7, 11) is 1.73. The van der Waals surface area contributed by atoms with Crippen LogP contribution in [0.5, 0.6) is 0 Å². The maximum Gasteiger partial charge on any atom is 0.312 e. The van der Waals surface area contributed by atoms with Crippen LogP contribution in [0.2, 0.25) is 0 Å². The van der Waals surface area contributed by atoms with E-state index in [1.165, 1.54) is 12.1 Å². The van der Waals surface area contributed by atoms with Crippen LogP contribution in [-0.4, -0.2) is 17.0 Å². The van der Waals surface area contributed by atoms with Gasteiger partial charge in [0.1, 0.15) is 5.82 Å². The Morgan fingerprint density at radius 1 is 1.30 bits per heavy atom. The minimum atomic E-state index is -0.461. The monoisotopic (exact) mass is 273 g/mol. The zero-order valence-electron chi connectivity index (χ0n) is 11.2. The number of benzene rings is 1. The third-order valence-electron chi connectivity index (χ3n) is 2.99. The summed E-state index contributed by atoms with van der Waals surface area (Å²) in [5, 5.41) is 11.1. The molecule has 0 amide bonds. The molecule has 20 heavy (non-hydrogen) atoms. The summed E-state index contributed by atoms with van der Waals surface area (Å²) in [6.07, 6.45) is 0. The van der Waals surface area contributed by atoms with Crippen molar-refractivity contribution in [2.24, 2.45) is 5.84 Å². The van der Waals surface area contributed by atoms with Crippen LogP contribution in [0.3, 0.4) is 0 Å². The summed E-state index contributed by atoms with van der Waals surface area (Å²) in [5.74, 6) is 5.92. The molecule has 0 unspecified atom stereocenters. The van der Waals surface area contributed by atoms with Crippen molar-refractivity contribution in [3.63, 3.8) is 0 Å². The smallest absolute Gasteiger partial charge is 0.312 e. The van der Waals surface area contributed by atoms with Crippen molar-refractivity contribution in [1.29, 1.82) is 0 Å². The Balaban J connectivity index is 2.55. The summed E-state index contributed by atoms with van der Waals surface area (Å²) < 4.78 is 0. The molecule has 0 atom stereocenters. The molecular formula is C13H15N5O2. The number of hydrogen-bond acceptors (Lipinski definition) is 6. The summed E-state index contributed by atoms with van der Waals surface area (Å²) in [5.41, 5.74) is 4.16. The van der Waals surface area contributed by atoms with E-state index in [1.807, 2.05) is 31.2 Å². The standard InChI is InChI=1S/C13H15N5O2/c1-9-5-3-4-6-10(9)17(2)13-11(18(19)20)7-8-12(15-13)16-14/h3-8H,14H2,1-2H3,(H,15,16). The summed E-state index contributed by atoms with van der Waals surface area (Å²) in [4.78, 5) is 16.5. The molecule has 1 aromatic carbocycles. The van der Waals surface area contributed by atoms with E-state index in [-0.39, 0.29) is 11.5 Å². The van der Waals surface area contributed by atoms with Gasteiger partial charge in [0.15, 0.2) is 0 Å². The van der Waals surface area contributed by atoms with Crippen molar-refractivity contribution in [2.75, 3.05) is 17.4 Å². The molecule has 0 bridgehead atoms. The number of hydrazine groups is 1. The molecule has 0 radical (unpaired) electrons. The van der Waals surface area contributed by atoms with Crippen LogP contribution >= 0.6 is 0 Å². The van der Waals surface area contributed by atoms with Crippen LogP contribution in [0.4, 0.5) is 23.0 Å². The first kappa shape index (κ1) is 13.8.